The highest BCUT2D eigenvalue weighted by atomic mass is 19.1. The highest BCUT2D eigenvalue weighted by Crippen LogP contribution is 2.22. The summed E-state index contributed by atoms with van der Waals surface area (Å²) in [6.07, 6.45) is 1.57. The molecule has 0 radical (unpaired) electrons. The summed E-state index contributed by atoms with van der Waals surface area (Å²) >= 11 is 0. The Morgan fingerprint density at radius 1 is 1.22 bits per heavy atom. The Labute approximate surface area is 102 Å². The second-order valence-electron chi connectivity index (χ2n) is 4.01. The minimum absolute atomic E-state index is 0.0849. The fourth-order valence-electron chi connectivity index (χ4n) is 1.92. The van der Waals surface area contributed by atoms with Gasteiger partial charge in [-0.15, -0.1) is 0 Å². The lowest BCUT2D eigenvalue weighted by Gasteiger charge is -2.08. The van der Waals surface area contributed by atoms with Crippen LogP contribution in [-0.2, 0) is 0 Å². The number of aromatic nitrogens is 3. The number of nitrogens with zero attached hydrogens (tertiary/aromatic N) is 3. The highest BCUT2D eigenvalue weighted by Gasteiger charge is 2.10. The Hall–Kier alpha value is -2.43. The third kappa shape index (κ3) is 1.52. The predicted molar refractivity (Wildman–Crippen MR) is 65.2 cm³/mol. The van der Waals surface area contributed by atoms with Crippen molar-refractivity contribution in [1.29, 1.82) is 0 Å². The summed E-state index contributed by atoms with van der Waals surface area (Å²) in [5, 5.41) is 9.42. The van der Waals surface area contributed by atoms with Crippen molar-refractivity contribution >= 4 is 11.2 Å². The summed E-state index contributed by atoms with van der Waals surface area (Å²) in [6.45, 7) is 1.69. The molecule has 2 aromatic heterocycles. The van der Waals surface area contributed by atoms with Gasteiger partial charge in [-0.05, 0) is 25.1 Å². The number of halogens is 1. The summed E-state index contributed by atoms with van der Waals surface area (Å²) in [5.41, 5.74) is 2.33. The Balaban J connectivity index is 2.32. The second kappa shape index (κ2) is 3.80. The molecule has 4 nitrogen and oxygen atoms in total. The van der Waals surface area contributed by atoms with Gasteiger partial charge >= 0.3 is 0 Å². The van der Waals surface area contributed by atoms with Gasteiger partial charge < -0.3 is 5.11 Å². The molecule has 3 aromatic rings. The molecule has 0 saturated carbocycles. The largest absolute Gasteiger partial charge is 0.493 e. The maximum atomic E-state index is 13.5. The molecule has 0 unspecified atom stereocenters. The Kier molecular flexibility index (Phi) is 2.26. The molecule has 2 heterocycles. The maximum Gasteiger partial charge on any atom is 0.212 e. The molecule has 0 aliphatic heterocycles. The van der Waals surface area contributed by atoms with Gasteiger partial charge in [-0.2, -0.15) is 4.98 Å². The van der Waals surface area contributed by atoms with E-state index in [4.69, 9.17) is 0 Å². The molecule has 0 spiro atoms. The molecule has 0 bridgehead atoms. The maximum absolute atomic E-state index is 13.5. The highest BCUT2D eigenvalue weighted by molar-refractivity contribution is 5.74. The van der Waals surface area contributed by atoms with Gasteiger partial charge in [-0.25, -0.2) is 9.37 Å². The lowest BCUT2D eigenvalue weighted by atomic mass is 10.2. The topological polar surface area (TPSA) is 50.9 Å². The first kappa shape index (κ1) is 10.7. The minimum atomic E-state index is -0.283. The molecule has 90 valence electrons. The number of benzene rings is 1. The van der Waals surface area contributed by atoms with Crippen LogP contribution in [0, 0.1) is 12.7 Å². The summed E-state index contributed by atoms with van der Waals surface area (Å²) in [5.74, 6) is -0.368. The number of rotatable bonds is 1. The van der Waals surface area contributed by atoms with Crippen molar-refractivity contribution in [1.82, 2.24) is 14.5 Å². The Morgan fingerprint density at radius 3 is 2.89 bits per heavy atom. The van der Waals surface area contributed by atoms with E-state index >= 15 is 0 Å². The number of aromatic hydroxyl groups is 1. The van der Waals surface area contributed by atoms with E-state index in [1.807, 2.05) is 0 Å². The standard InChI is InChI=1S/C13H10FN3O/c1-8-9(14)3-2-4-11(8)17-7-15-10-5-6-12(18)16-13(10)17/h2-7H,1H3,(H,16,18). The van der Waals surface area contributed by atoms with Gasteiger partial charge in [0.1, 0.15) is 17.7 Å². The van der Waals surface area contributed by atoms with Gasteiger partial charge in [0.25, 0.3) is 0 Å². The van der Waals surface area contributed by atoms with Crippen molar-refractivity contribution in [3.63, 3.8) is 0 Å². The van der Waals surface area contributed by atoms with Crippen LogP contribution in [0.25, 0.3) is 16.9 Å². The van der Waals surface area contributed by atoms with Crippen molar-refractivity contribution in [3.8, 4) is 11.6 Å². The first-order valence-electron chi connectivity index (χ1n) is 5.45. The van der Waals surface area contributed by atoms with Gasteiger partial charge in [0.2, 0.25) is 5.88 Å². The molecule has 1 N–H and O–H groups in total. The quantitative estimate of drug-likeness (QED) is 0.714. The minimum Gasteiger partial charge on any atom is -0.493 e. The van der Waals surface area contributed by atoms with Crippen molar-refractivity contribution in [3.05, 3.63) is 48.0 Å². The second-order valence-corrected chi connectivity index (χ2v) is 4.01. The van der Waals surface area contributed by atoms with Crippen molar-refractivity contribution in [2.75, 3.05) is 0 Å². The molecule has 1 aromatic carbocycles. The van der Waals surface area contributed by atoms with E-state index in [9.17, 15) is 9.50 Å². The molecule has 5 heteroatoms. The van der Waals surface area contributed by atoms with Crippen LogP contribution in [0.2, 0.25) is 0 Å². The Morgan fingerprint density at radius 2 is 2.06 bits per heavy atom. The van der Waals surface area contributed by atoms with E-state index in [1.165, 1.54) is 12.1 Å². The fourth-order valence-corrected chi connectivity index (χ4v) is 1.92. The molecular weight excluding hydrogens is 233 g/mol. The van der Waals surface area contributed by atoms with E-state index < -0.39 is 0 Å². The predicted octanol–water partition coefficient (Wildman–Crippen LogP) is 2.57. The number of pyridine rings is 1. The average Bonchev–Trinajstić information content (AvgIpc) is 2.75. The fraction of sp³-hybridized carbons (Fsp3) is 0.0769. The Bertz CT molecular complexity index is 736. The summed E-state index contributed by atoms with van der Waals surface area (Å²) < 4.78 is 15.2. The SMILES string of the molecule is Cc1c(F)cccc1-n1cnc2ccc(O)nc21. The van der Waals surface area contributed by atoms with Crippen molar-refractivity contribution < 1.29 is 9.50 Å². The molecule has 0 aliphatic carbocycles. The van der Waals surface area contributed by atoms with Crippen LogP contribution in [-0.4, -0.2) is 19.6 Å². The molecule has 0 amide bonds. The number of fused-ring (bicyclic) bond motifs is 1. The van der Waals surface area contributed by atoms with Crippen molar-refractivity contribution in [2.24, 2.45) is 0 Å². The van der Waals surface area contributed by atoms with Gasteiger partial charge in [0, 0.05) is 11.6 Å². The first-order valence-corrected chi connectivity index (χ1v) is 5.45. The van der Waals surface area contributed by atoms with Crippen LogP contribution >= 0.6 is 0 Å². The molecule has 3 rings (SSSR count). The first-order chi connectivity index (χ1) is 8.66. The van der Waals surface area contributed by atoms with Crippen LogP contribution < -0.4 is 0 Å². The third-order valence-corrected chi connectivity index (χ3v) is 2.88. The molecule has 18 heavy (non-hydrogen) atoms. The zero-order valence-corrected chi connectivity index (χ0v) is 9.63. The van der Waals surface area contributed by atoms with Crippen molar-refractivity contribution in [2.45, 2.75) is 6.92 Å². The summed E-state index contributed by atoms with van der Waals surface area (Å²) in [6, 6.07) is 7.96. The average molecular weight is 243 g/mol. The van der Waals surface area contributed by atoms with Crippen LogP contribution in [0.3, 0.4) is 0 Å². The van der Waals surface area contributed by atoms with Crippen LogP contribution in [0.15, 0.2) is 36.7 Å². The molecule has 0 aliphatic rings. The van der Waals surface area contributed by atoms with Crippen LogP contribution in [0.1, 0.15) is 5.56 Å². The zero-order valence-electron chi connectivity index (χ0n) is 9.63. The molecular formula is C13H10FN3O. The van der Waals surface area contributed by atoms with E-state index in [1.54, 1.807) is 36.0 Å². The lowest BCUT2D eigenvalue weighted by Crippen LogP contribution is -1.98. The monoisotopic (exact) mass is 243 g/mol. The number of imidazole rings is 1. The van der Waals surface area contributed by atoms with E-state index in [-0.39, 0.29) is 11.7 Å². The normalized spacial score (nSPS) is 11.0. The smallest absolute Gasteiger partial charge is 0.212 e. The molecule has 0 fully saturated rings. The van der Waals surface area contributed by atoms with Crippen LogP contribution in [0.5, 0.6) is 5.88 Å². The van der Waals surface area contributed by atoms with E-state index in [2.05, 4.69) is 9.97 Å². The van der Waals surface area contributed by atoms with Gasteiger partial charge in [-0.3, -0.25) is 4.57 Å². The van der Waals surface area contributed by atoms with Crippen LogP contribution in [0.4, 0.5) is 4.39 Å². The van der Waals surface area contributed by atoms with Gasteiger partial charge in [0.05, 0.1) is 5.69 Å². The van der Waals surface area contributed by atoms with E-state index in [0.29, 0.717) is 22.4 Å². The lowest BCUT2D eigenvalue weighted by molar-refractivity contribution is 0.455. The third-order valence-electron chi connectivity index (χ3n) is 2.88. The van der Waals surface area contributed by atoms with Gasteiger partial charge in [-0.1, -0.05) is 6.07 Å². The molecule has 0 atom stereocenters. The summed E-state index contributed by atoms with van der Waals surface area (Å²) in [4.78, 5) is 8.19. The van der Waals surface area contributed by atoms with Gasteiger partial charge in [0.15, 0.2) is 5.65 Å². The number of hydrogen-bond acceptors (Lipinski definition) is 3. The molecule has 0 saturated heterocycles. The number of hydrogen-bond donors (Lipinski definition) is 1. The summed E-state index contributed by atoms with van der Waals surface area (Å²) in [7, 11) is 0. The van der Waals surface area contributed by atoms with E-state index in [0.717, 1.165) is 0 Å². The zero-order chi connectivity index (χ0) is 12.7.